The summed E-state index contributed by atoms with van der Waals surface area (Å²) >= 11 is 18.0. The quantitative estimate of drug-likeness (QED) is 0.820. The van der Waals surface area contributed by atoms with E-state index in [1.807, 2.05) is 6.07 Å². The second kappa shape index (κ2) is 5.19. The topological polar surface area (TPSA) is 43.1 Å². The van der Waals surface area contributed by atoms with Crippen LogP contribution in [0.4, 0.5) is 0 Å². The normalized spacial score (nSPS) is 10.4. The highest BCUT2D eigenvalue weighted by atomic mass is 35.5. The van der Waals surface area contributed by atoms with Crippen LogP contribution in [0.2, 0.25) is 15.1 Å². The fourth-order valence-electron chi connectivity index (χ4n) is 1.59. The Labute approximate surface area is 119 Å². The maximum atomic E-state index is 11.1. The Hall–Kier alpha value is -1.22. The zero-order valence-electron chi connectivity index (χ0n) is 9.08. The van der Waals surface area contributed by atoms with Gasteiger partial charge in [-0.1, -0.05) is 53.0 Å². The smallest absolute Gasteiger partial charge is 0.248 e. The van der Waals surface area contributed by atoms with Crippen molar-refractivity contribution in [1.29, 1.82) is 0 Å². The summed E-state index contributed by atoms with van der Waals surface area (Å²) in [6.07, 6.45) is 0. The van der Waals surface area contributed by atoms with Gasteiger partial charge in [0.05, 0.1) is 15.1 Å². The van der Waals surface area contributed by atoms with Crippen LogP contribution in [0.1, 0.15) is 10.4 Å². The summed E-state index contributed by atoms with van der Waals surface area (Å²) in [7, 11) is 0. The van der Waals surface area contributed by atoms with E-state index in [0.29, 0.717) is 26.2 Å². The van der Waals surface area contributed by atoms with Crippen molar-refractivity contribution in [3.8, 4) is 11.1 Å². The lowest BCUT2D eigenvalue weighted by atomic mass is 10.0. The highest BCUT2D eigenvalue weighted by Gasteiger charge is 2.11. The predicted molar refractivity (Wildman–Crippen MR) is 75.4 cm³/mol. The molecule has 0 heterocycles. The Balaban J connectivity index is 2.59. The molecule has 0 saturated carbocycles. The van der Waals surface area contributed by atoms with E-state index in [9.17, 15) is 4.79 Å². The highest BCUT2D eigenvalue weighted by Crippen LogP contribution is 2.38. The molecule has 2 N–H and O–H groups in total. The summed E-state index contributed by atoms with van der Waals surface area (Å²) in [5.41, 5.74) is 7.11. The fourth-order valence-corrected chi connectivity index (χ4v) is 2.23. The highest BCUT2D eigenvalue weighted by molar-refractivity contribution is 6.49. The summed E-state index contributed by atoms with van der Waals surface area (Å²) < 4.78 is 0. The third kappa shape index (κ3) is 2.46. The molecule has 2 aromatic rings. The number of nitrogens with two attached hydrogens (primary N) is 1. The molecule has 0 aliphatic carbocycles. The number of hydrogen-bond acceptors (Lipinski definition) is 1. The summed E-state index contributed by atoms with van der Waals surface area (Å²) in [5, 5.41) is 1.03. The molecule has 0 unspecified atom stereocenters. The Morgan fingerprint density at radius 3 is 2.39 bits per heavy atom. The maximum absolute atomic E-state index is 11.1. The Kier molecular flexibility index (Phi) is 3.81. The van der Waals surface area contributed by atoms with E-state index < -0.39 is 5.91 Å². The largest absolute Gasteiger partial charge is 0.366 e. The van der Waals surface area contributed by atoms with Crippen molar-refractivity contribution in [1.82, 2.24) is 0 Å². The Morgan fingerprint density at radius 1 is 1.00 bits per heavy atom. The molecule has 0 atom stereocenters. The second-order valence-corrected chi connectivity index (χ2v) is 4.83. The molecule has 2 nitrogen and oxygen atoms in total. The van der Waals surface area contributed by atoms with E-state index in [-0.39, 0.29) is 0 Å². The van der Waals surface area contributed by atoms with E-state index in [1.165, 1.54) is 0 Å². The van der Waals surface area contributed by atoms with Gasteiger partial charge in [0.2, 0.25) is 5.91 Å². The van der Waals surface area contributed by atoms with Crippen LogP contribution in [0.25, 0.3) is 11.1 Å². The molecular weight excluding hydrogens is 293 g/mol. The van der Waals surface area contributed by atoms with E-state index in [0.717, 1.165) is 5.56 Å². The first-order valence-corrected chi connectivity index (χ1v) is 6.18. The van der Waals surface area contributed by atoms with Crippen molar-refractivity contribution in [3.05, 3.63) is 57.0 Å². The van der Waals surface area contributed by atoms with Crippen molar-refractivity contribution >= 4 is 40.7 Å². The molecule has 92 valence electrons. The summed E-state index contributed by atoms with van der Waals surface area (Å²) in [6.45, 7) is 0. The van der Waals surface area contributed by atoms with E-state index >= 15 is 0 Å². The molecule has 1 amide bonds. The molecule has 0 aromatic heterocycles. The van der Waals surface area contributed by atoms with Gasteiger partial charge in [-0.2, -0.15) is 0 Å². The number of primary amides is 1. The average Bonchev–Trinajstić information content (AvgIpc) is 2.36. The van der Waals surface area contributed by atoms with Crippen molar-refractivity contribution in [2.45, 2.75) is 0 Å². The van der Waals surface area contributed by atoms with Crippen LogP contribution in [0.15, 0.2) is 36.4 Å². The molecule has 5 heteroatoms. The standard InChI is InChI=1S/C13H8Cl3NO/c14-10-5-4-9(11(15)12(10)16)7-2-1-3-8(6-7)13(17)18/h1-6H,(H2,17,18). The molecule has 2 aromatic carbocycles. The average molecular weight is 301 g/mol. The Bertz CT molecular complexity index is 626. The van der Waals surface area contributed by atoms with E-state index in [1.54, 1.807) is 30.3 Å². The lowest BCUT2D eigenvalue weighted by Crippen LogP contribution is -2.10. The van der Waals surface area contributed by atoms with Crippen LogP contribution in [-0.2, 0) is 0 Å². The van der Waals surface area contributed by atoms with Crippen LogP contribution >= 0.6 is 34.8 Å². The van der Waals surface area contributed by atoms with Gasteiger partial charge in [0, 0.05) is 11.1 Å². The number of rotatable bonds is 2. The number of amides is 1. The first-order chi connectivity index (χ1) is 8.50. The van der Waals surface area contributed by atoms with Gasteiger partial charge in [0.25, 0.3) is 0 Å². The predicted octanol–water partition coefficient (Wildman–Crippen LogP) is 4.41. The molecule has 0 aliphatic rings. The van der Waals surface area contributed by atoms with E-state index in [4.69, 9.17) is 40.5 Å². The number of carbonyl (C=O) groups is 1. The molecule has 2 rings (SSSR count). The minimum Gasteiger partial charge on any atom is -0.366 e. The van der Waals surface area contributed by atoms with Crippen molar-refractivity contribution in [3.63, 3.8) is 0 Å². The van der Waals surface area contributed by atoms with Gasteiger partial charge in [-0.3, -0.25) is 4.79 Å². The molecule has 0 spiro atoms. The maximum Gasteiger partial charge on any atom is 0.248 e. The van der Waals surface area contributed by atoms with Gasteiger partial charge in [-0.15, -0.1) is 0 Å². The summed E-state index contributed by atoms with van der Waals surface area (Å²) in [4.78, 5) is 11.1. The molecule has 18 heavy (non-hydrogen) atoms. The first-order valence-electron chi connectivity index (χ1n) is 5.04. The van der Waals surface area contributed by atoms with Gasteiger partial charge in [-0.25, -0.2) is 0 Å². The van der Waals surface area contributed by atoms with Gasteiger partial charge >= 0.3 is 0 Å². The van der Waals surface area contributed by atoms with Crippen LogP contribution < -0.4 is 5.73 Å². The third-order valence-electron chi connectivity index (χ3n) is 2.49. The lowest BCUT2D eigenvalue weighted by molar-refractivity contribution is 0.100. The van der Waals surface area contributed by atoms with Crippen molar-refractivity contribution in [2.24, 2.45) is 5.73 Å². The minimum absolute atomic E-state index is 0.292. The third-order valence-corrected chi connectivity index (χ3v) is 3.79. The van der Waals surface area contributed by atoms with Gasteiger partial charge in [0.1, 0.15) is 0 Å². The van der Waals surface area contributed by atoms with Gasteiger partial charge in [0.15, 0.2) is 0 Å². The van der Waals surface area contributed by atoms with Gasteiger partial charge < -0.3 is 5.73 Å². The number of halogens is 3. The first kappa shape index (κ1) is 13.2. The fraction of sp³-hybridized carbons (Fsp3) is 0. The van der Waals surface area contributed by atoms with Gasteiger partial charge in [-0.05, 0) is 23.8 Å². The summed E-state index contributed by atoms with van der Waals surface area (Å²) in [5.74, 6) is -0.493. The van der Waals surface area contributed by atoms with Crippen molar-refractivity contribution < 1.29 is 4.79 Å². The van der Waals surface area contributed by atoms with Crippen LogP contribution in [-0.4, -0.2) is 5.91 Å². The molecule has 0 radical (unpaired) electrons. The molecule has 0 saturated heterocycles. The number of benzene rings is 2. The minimum atomic E-state index is -0.493. The van der Waals surface area contributed by atoms with Crippen LogP contribution in [0, 0.1) is 0 Å². The molecule has 0 fully saturated rings. The summed E-state index contributed by atoms with van der Waals surface area (Å²) in [6, 6.07) is 10.2. The molecular formula is C13H8Cl3NO. The lowest BCUT2D eigenvalue weighted by Gasteiger charge is -2.08. The van der Waals surface area contributed by atoms with Crippen molar-refractivity contribution in [2.75, 3.05) is 0 Å². The number of carbonyl (C=O) groups excluding carboxylic acids is 1. The molecule has 0 aliphatic heterocycles. The van der Waals surface area contributed by atoms with Crippen LogP contribution in [0.3, 0.4) is 0 Å². The van der Waals surface area contributed by atoms with Crippen LogP contribution in [0.5, 0.6) is 0 Å². The van der Waals surface area contributed by atoms with E-state index in [2.05, 4.69) is 0 Å². The zero-order valence-corrected chi connectivity index (χ0v) is 11.4. The molecule has 0 bridgehead atoms. The zero-order chi connectivity index (χ0) is 13.3. The SMILES string of the molecule is NC(=O)c1cccc(-c2ccc(Cl)c(Cl)c2Cl)c1. The second-order valence-electron chi connectivity index (χ2n) is 3.67. The Morgan fingerprint density at radius 2 is 1.72 bits per heavy atom. The number of hydrogen-bond donors (Lipinski definition) is 1. The monoisotopic (exact) mass is 299 g/mol.